The van der Waals surface area contributed by atoms with Crippen LogP contribution in [0.4, 0.5) is 4.39 Å². The summed E-state index contributed by atoms with van der Waals surface area (Å²) < 4.78 is 42.0. The molecule has 0 aliphatic heterocycles. The number of hydrogen-bond donors (Lipinski definition) is 0. The largest absolute Gasteiger partial charge is 0.382 e. The fraction of sp³-hybridized carbons (Fsp3) is 0.316. The molecule has 0 N–H and O–H groups in total. The SMILES string of the molecule is CCC(C)N(Cc1ccccc1OS(C)(=O)=O)C(=O)c1ccccc1F. The van der Waals surface area contributed by atoms with E-state index >= 15 is 0 Å². The molecular formula is C19H22FNO4S. The average Bonchev–Trinajstić information content (AvgIpc) is 2.59. The molecule has 0 saturated heterocycles. The molecule has 0 radical (unpaired) electrons. The van der Waals surface area contributed by atoms with Crippen LogP contribution in [0.15, 0.2) is 48.5 Å². The number of carbonyl (C=O) groups is 1. The summed E-state index contributed by atoms with van der Waals surface area (Å²) in [6.07, 6.45) is 1.62. The molecule has 2 aromatic carbocycles. The zero-order valence-electron chi connectivity index (χ0n) is 15.0. The number of carbonyl (C=O) groups excluding carboxylic acids is 1. The maximum absolute atomic E-state index is 14.1. The monoisotopic (exact) mass is 379 g/mol. The highest BCUT2D eigenvalue weighted by molar-refractivity contribution is 7.86. The summed E-state index contributed by atoms with van der Waals surface area (Å²) in [5.41, 5.74) is 0.511. The summed E-state index contributed by atoms with van der Waals surface area (Å²) in [6, 6.07) is 12.2. The topological polar surface area (TPSA) is 63.7 Å². The summed E-state index contributed by atoms with van der Waals surface area (Å²) in [7, 11) is -3.70. The molecule has 2 aromatic rings. The average molecular weight is 379 g/mol. The lowest BCUT2D eigenvalue weighted by Gasteiger charge is -2.29. The van der Waals surface area contributed by atoms with Crippen LogP contribution in [0.3, 0.4) is 0 Å². The van der Waals surface area contributed by atoms with Crippen LogP contribution in [0.5, 0.6) is 5.75 Å². The third-order valence-corrected chi connectivity index (χ3v) is 4.52. The molecule has 26 heavy (non-hydrogen) atoms. The van der Waals surface area contributed by atoms with Gasteiger partial charge in [0.2, 0.25) is 0 Å². The fourth-order valence-corrected chi connectivity index (χ4v) is 2.99. The van der Waals surface area contributed by atoms with Gasteiger partial charge in [0, 0.05) is 18.2 Å². The van der Waals surface area contributed by atoms with Gasteiger partial charge in [-0.3, -0.25) is 4.79 Å². The van der Waals surface area contributed by atoms with E-state index in [2.05, 4.69) is 0 Å². The normalized spacial score (nSPS) is 12.5. The molecular weight excluding hydrogens is 357 g/mol. The Hall–Kier alpha value is -2.41. The van der Waals surface area contributed by atoms with Crippen LogP contribution >= 0.6 is 0 Å². The maximum Gasteiger partial charge on any atom is 0.306 e. The van der Waals surface area contributed by atoms with E-state index in [0.29, 0.717) is 12.0 Å². The summed E-state index contributed by atoms with van der Waals surface area (Å²) in [5, 5.41) is 0. The van der Waals surface area contributed by atoms with E-state index in [9.17, 15) is 17.6 Å². The Bertz CT molecular complexity index is 883. The van der Waals surface area contributed by atoms with Crippen molar-refractivity contribution in [2.45, 2.75) is 32.9 Å². The van der Waals surface area contributed by atoms with Crippen LogP contribution in [-0.2, 0) is 16.7 Å². The number of para-hydroxylation sites is 1. The molecule has 5 nitrogen and oxygen atoms in total. The number of benzene rings is 2. The lowest BCUT2D eigenvalue weighted by Crippen LogP contribution is -2.38. The van der Waals surface area contributed by atoms with E-state index in [1.54, 1.807) is 24.3 Å². The first-order valence-electron chi connectivity index (χ1n) is 8.25. The number of halogens is 1. The third kappa shape index (κ3) is 5.05. The van der Waals surface area contributed by atoms with Crippen LogP contribution in [0.1, 0.15) is 36.2 Å². The van der Waals surface area contributed by atoms with E-state index in [4.69, 9.17) is 4.18 Å². The molecule has 1 amide bonds. The Morgan fingerprint density at radius 1 is 1.15 bits per heavy atom. The molecule has 7 heteroatoms. The minimum atomic E-state index is -3.70. The van der Waals surface area contributed by atoms with Crippen molar-refractivity contribution in [3.05, 3.63) is 65.5 Å². The van der Waals surface area contributed by atoms with Crippen molar-refractivity contribution in [1.82, 2.24) is 4.90 Å². The summed E-state index contributed by atoms with van der Waals surface area (Å²) in [4.78, 5) is 14.4. The zero-order chi connectivity index (χ0) is 19.3. The Morgan fingerprint density at radius 3 is 2.38 bits per heavy atom. The van der Waals surface area contributed by atoms with Crippen LogP contribution in [0.25, 0.3) is 0 Å². The highest BCUT2D eigenvalue weighted by Crippen LogP contribution is 2.24. The van der Waals surface area contributed by atoms with Gasteiger partial charge in [0.1, 0.15) is 11.6 Å². The van der Waals surface area contributed by atoms with Gasteiger partial charge in [-0.05, 0) is 31.5 Å². The molecule has 0 spiro atoms. The molecule has 0 heterocycles. The van der Waals surface area contributed by atoms with E-state index < -0.39 is 21.8 Å². The van der Waals surface area contributed by atoms with Gasteiger partial charge in [0.05, 0.1) is 11.8 Å². The number of amides is 1. The lowest BCUT2D eigenvalue weighted by atomic mass is 10.1. The van der Waals surface area contributed by atoms with Gasteiger partial charge in [0.15, 0.2) is 0 Å². The first-order valence-corrected chi connectivity index (χ1v) is 10.1. The lowest BCUT2D eigenvalue weighted by molar-refractivity contribution is 0.0666. The summed E-state index contributed by atoms with van der Waals surface area (Å²) >= 11 is 0. The predicted molar refractivity (Wildman–Crippen MR) is 97.9 cm³/mol. The Balaban J connectivity index is 2.39. The van der Waals surface area contributed by atoms with Crippen molar-refractivity contribution in [1.29, 1.82) is 0 Å². The minimum absolute atomic E-state index is 0.0192. The van der Waals surface area contributed by atoms with Gasteiger partial charge in [-0.1, -0.05) is 37.3 Å². The van der Waals surface area contributed by atoms with Crippen LogP contribution < -0.4 is 4.18 Å². The Morgan fingerprint density at radius 2 is 1.77 bits per heavy atom. The number of hydrogen-bond acceptors (Lipinski definition) is 4. The van der Waals surface area contributed by atoms with Gasteiger partial charge in [-0.2, -0.15) is 8.42 Å². The Kier molecular flexibility index (Phi) is 6.37. The molecule has 0 bridgehead atoms. The van der Waals surface area contributed by atoms with Crippen LogP contribution in [0.2, 0.25) is 0 Å². The van der Waals surface area contributed by atoms with Crippen LogP contribution in [-0.4, -0.2) is 31.5 Å². The van der Waals surface area contributed by atoms with E-state index in [-0.39, 0.29) is 23.9 Å². The molecule has 1 unspecified atom stereocenters. The fourth-order valence-electron chi connectivity index (χ4n) is 2.50. The molecule has 0 aromatic heterocycles. The van der Waals surface area contributed by atoms with Gasteiger partial charge in [0.25, 0.3) is 5.91 Å². The quantitative estimate of drug-likeness (QED) is 0.690. The van der Waals surface area contributed by atoms with Gasteiger partial charge in [-0.15, -0.1) is 0 Å². The van der Waals surface area contributed by atoms with Crippen molar-refractivity contribution in [3.8, 4) is 5.75 Å². The highest BCUT2D eigenvalue weighted by atomic mass is 32.2. The smallest absolute Gasteiger partial charge is 0.306 e. The second-order valence-corrected chi connectivity index (χ2v) is 7.64. The van der Waals surface area contributed by atoms with Crippen molar-refractivity contribution < 1.29 is 21.8 Å². The summed E-state index contributed by atoms with van der Waals surface area (Å²) in [6.45, 7) is 3.89. The maximum atomic E-state index is 14.1. The highest BCUT2D eigenvalue weighted by Gasteiger charge is 2.24. The Labute approximate surface area is 153 Å². The molecule has 0 saturated carbocycles. The number of nitrogens with zero attached hydrogens (tertiary/aromatic N) is 1. The van der Waals surface area contributed by atoms with Gasteiger partial charge >= 0.3 is 10.1 Å². The van der Waals surface area contributed by atoms with Crippen LogP contribution in [0, 0.1) is 5.82 Å². The molecule has 0 aliphatic carbocycles. The molecule has 1 atom stereocenters. The molecule has 0 aliphatic rings. The third-order valence-electron chi connectivity index (χ3n) is 4.04. The second-order valence-electron chi connectivity index (χ2n) is 6.07. The van der Waals surface area contributed by atoms with E-state index in [0.717, 1.165) is 6.26 Å². The predicted octanol–water partition coefficient (Wildman–Crippen LogP) is 3.61. The summed E-state index contributed by atoms with van der Waals surface area (Å²) in [5.74, 6) is -0.886. The standard InChI is InChI=1S/C19H22FNO4S/c1-4-14(2)21(19(22)16-10-6-7-11-17(16)20)13-15-9-5-8-12-18(15)25-26(3,23)24/h5-12,14H,4,13H2,1-3H3. The number of rotatable bonds is 7. The minimum Gasteiger partial charge on any atom is -0.382 e. The van der Waals surface area contributed by atoms with E-state index in [1.807, 2.05) is 13.8 Å². The first-order chi connectivity index (χ1) is 12.2. The van der Waals surface area contributed by atoms with E-state index in [1.165, 1.54) is 29.2 Å². The van der Waals surface area contributed by atoms with Gasteiger partial charge in [-0.25, -0.2) is 4.39 Å². The van der Waals surface area contributed by atoms with Gasteiger partial charge < -0.3 is 9.08 Å². The molecule has 0 fully saturated rings. The van der Waals surface area contributed by atoms with Crippen molar-refractivity contribution in [3.63, 3.8) is 0 Å². The molecule has 2 rings (SSSR count). The first kappa shape index (κ1) is 19.9. The van der Waals surface area contributed by atoms with Crippen molar-refractivity contribution in [2.75, 3.05) is 6.26 Å². The zero-order valence-corrected chi connectivity index (χ0v) is 15.8. The van der Waals surface area contributed by atoms with Crippen molar-refractivity contribution in [2.24, 2.45) is 0 Å². The molecule has 140 valence electrons. The second kappa shape index (κ2) is 8.31. The van der Waals surface area contributed by atoms with Crippen molar-refractivity contribution >= 4 is 16.0 Å².